The molecule has 1 aromatic carbocycles. The van der Waals surface area contributed by atoms with Gasteiger partial charge in [-0.15, -0.1) is 5.10 Å². The van der Waals surface area contributed by atoms with Crippen LogP contribution in [0.25, 0.3) is 16.6 Å². The highest BCUT2D eigenvalue weighted by Gasteiger charge is 2.27. The lowest BCUT2D eigenvalue weighted by Crippen LogP contribution is -2.44. The van der Waals surface area contributed by atoms with E-state index in [9.17, 15) is 4.79 Å². The van der Waals surface area contributed by atoms with Crippen LogP contribution in [-0.2, 0) is 9.53 Å². The molecule has 30 heavy (non-hydrogen) atoms. The molecule has 1 amide bonds. The van der Waals surface area contributed by atoms with Gasteiger partial charge in [0.25, 0.3) is 0 Å². The van der Waals surface area contributed by atoms with E-state index in [0.29, 0.717) is 66.4 Å². The SMILES string of the molecule is CC[C@H](Sc1nc2cc(OC)c(OC)cc2c2nc(C)nn12)C(=O)N1CCOCC1. The lowest BCUT2D eigenvalue weighted by atomic mass is 10.2. The highest BCUT2D eigenvalue weighted by atomic mass is 32.2. The summed E-state index contributed by atoms with van der Waals surface area (Å²) in [5.74, 6) is 1.92. The van der Waals surface area contributed by atoms with Crippen molar-refractivity contribution in [1.29, 1.82) is 0 Å². The number of benzene rings is 1. The fourth-order valence-corrected chi connectivity index (χ4v) is 4.56. The van der Waals surface area contributed by atoms with Crippen LogP contribution in [0.1, 0.15) is 19.2 Å². The maximum Gasteiger partial charge on any atom is 0.236 e. The molecule has 1 atom stereocenters. The molecule has 3 aromatic rings. The van der Waals surface area contributed by atoms with Crippen molar-refractivity contribution in [2.24, 2.45) is 0 Å². The van der Waals surface area contributed by atoms with E-state index in [1.165, 1.54) is 11.8 Å². The second-order valence-electron chi connectivity index (χ2n) is 6.97. The zero-order chi connectivity index (χ0) is 21.3. The maximum absolute atomic E-state index is 13.1. The summed E-state index contributed by atoms with van der Waals surface area (Å²) in [5, 5.41) is 5.70. The van der Waals surface area contributed by atoms with Gasteiger partial charge in [0.1, 0.15) is 5.82 Å². The number of morpholine rings is 1. The summed E-state index contributed by atoms with van der Waals surface area (Å²) in [5.41, 5.74) is 1.39. The normalized spacial score (nSPS) is 15.5. The van der Waals surface area contributed by atoms with E-state index in [0.717, 1.165) is 5.39 Å². The van der Waals surface area contributed by atoms with Crippen LogP contribution in [0.5, 0.6) is 11.5 Å². The van der Waals surface area contributed by atoms with E-state index in [1.807, 2.05) is 30.9 Å². The van der Waals surface area contributed by atoms with Crippen LogP contribution < -0.4 is 9.47 Å². The maximum atomic E-state index is 13.1. The van der Waals surface area contributed by atoms with Gasteiger partial charge in [-0.3, -0.25) is 4.79 Å². The number of rotatable bonds is 6. The van der Waals surface area contributed by atoms with Gasteiger partial charge in [0.05, 0.1) is 38.2 Å². The van der Waals surface area contributed by atoms with Crippen molar-refractivity contribution in [2.45, 2.75) is 30.7 Å². The van der Waals surface area contributed by atoms with Gasteiger partial charge >= 0.3 is 0 Å². The Morgan fingerprint density at radius 2 is 1.90 bits per heavy atom. The minimum absolute atomic E-state index is 0.102. The number of ether oxygens (including phenoxy) is 3. The Labute approximate surface area is 178 Å². The van der Waals surface area contributed by atoms with Crippen molar-refractivity contribution in [1.82, 2.24) is 24.5 Å². The second kappa shape index (κ2) is 8.65. The van der Waals surface area contributed by atoms with Crippen LogP contribution >= 0.6 is 11.8 Å². The number of thioether (sulfide) groups is 1. The Kier molecular flexibility index (Phi) is 5.96. The average Bonchev–Trinajstić information content (AvgIpc) is 3.18. The third-order valence-electron chi connectivity index (χ3n) is 5.07. The Morgan fingerprint density at radius 1 is 1.20 bits per heavy atom. The first-order valence-corrected chi connectivity index (χ1v) is 10.8. The van der Waals surface area contributed by atoms with Crippen LogP contribution in [0.4, 0.5) is 0 Å². The van der Waals surface area contributed by atoms with Crippen molar-refractivity contribution < 1.29 is 19.0 Å². The van der Waals surface area contributed by atoms with Gasteiger partial charge in [0, 0.05) is 24.5 Å². The van der Waals surface area contributed by atoms with E-state index in [-0.39, 0.29) is 11.2 Å². The van der Waals surface area contributed by atoms with E-state index in [1.54, 1.807) is 18.7 Å². The molecular formula is C20H25N5O4S. The zero-order valence-electron chi connectivity index (χ0n) is 17.5. The molecule has 0 radical (unpaired) electrons. The number of nitrogens with zero attached hydrogens (tertiary/aromatic N) is 5. The summed E-state index contributed by atoms with van der Waals surface area (Å²) >= 11 is 1.42. The van der Waals surface area contributed by atoms with Crippen LogP contribution in [0.15, 0.2) is 17.3 Å². The molecule has 4 rings (SSSR count). The van der Waals surface area contributed by atoms with Gasteiger partial charge in [-0.1, -0.05) is 18.7 Å². The zero-order valence-corrected chi connectivity index (χ0v) is 18.4. The Bertz CT molecular complexity index is 1080. The summed E-state index contributed by atoms with van der Waals surface area (Å²) in [4.78, 5) is 24.3. The van der Waals surface area contributed by atoms with Gasteiger partial charge < -0.3 is 19.1 Å². The lowest BCUT2D eigenvalue weighted by Gasteiger charge is -2.29. The highest BCUT2D eigenvalue weighted by Crippen LogP contribution is 2.35. The quantitative estimate of drug-likeness (QED) is 0.434. The van der Waals surface area contributed by atoms with Crippen molar-refractivity contribution in [2.75, 3.05) is 40.5 Å². The lowest BCUT2D eigenvalue weighted by molar-refractivity contribution is -0.134. The Hall–Kier alpha value is -2.59. The van der Waals surface area contributed by atoms with Crippen LogP contribution in [0, 0.1) is 6.92 Å². The minimum atomic E-state index is -0.263. The minimum Gasteiger partial charge on any atom is -0.493 e. The van der Waals surface area contributed by atoms with Gasteiger partial charge in [-0.05, 0) is 19.4 Å². The molecule has 0 bridgehead atoms. The number of hydrogen-bond donors (Lipinski definition) is 0. The third-order valence-corrected chi connectivity index (χ3v) is 6.36. The molecule has 160 valence electrons. The first-order chi connectivity index (χ1) is 14.5. The summed E-state index contributed by atoms with van der Waals surface area (Å²) in [6.45, 7) is 6.25. The molecule has 9 nitrogen and oxygen atoms in total. The van der Waals surface area contributed by atoms with Gasteiger partial charge in [0.15, 0.2) is 22.3 Å². The molecule has 1 fully saturated rings. The van der Waals surface area contributed by atoms with Crippen molar-refractivity contribution >= 4 is 34.2 Å². The Balaban J connectivity index is 1.77. The molecule has 1 aliphatic heterocycles. The number of amides is 1. The number of methoxy groups -OCH3 is 2. The molecular weight excluding hydrogens is 406 g/mol. The van der Waals surface area contributed by atoms with E-state index in [4.69, 9.17) is 19.2 Å². The standard InChI is InChI=1S/C20H25N5O4S/c1-5-17(19(26)24-6-8-29-9-7-24)30-20-22-14-11-16(28-4)15(27-3)10-13(14)18-21-12(2)23-25(18)20/h10-11,17H,5-9H2,1-4H3/t17-/m0/s1. The first kappa shape index (κ1) is 20.7. The predicted octanol–water partition coefficient (Wildman–Crippen LogP) is 2.33. The fourth-order valence-electron chi connectivity index (χ4n) is 3.51. The van der Waals surface area contributed by atoms with Crippen molar-refractivity contribution in [3.8, 4) is 11.5 Å². The predicted molar refractivity (Wildman–Crippen MR) is 113 cm³/mol. The number of carbonyl (C=O) groups is 1. The van der Waals surface area contributed by atoms with E-state index in [2.05, 4.69) is 10.1 Å². The van der Waals surface area contributed by atoms with Gasteiger partial charge in [0.2, 0.25) is 5.91 Å². The molecule has 3 heterocycles. The summed E-state index contributed by atoms with van der Waals surface area (Å²) in [6.07, 6.45) is 0.682. The second-order valence-corrected chi connectivity index (χ2v) is 8.14. The largest absolute Gasteiger partial charge is 0.493 e. The number of aryl methyl sites for hydroxylation is 1. The van der Waals surface area contributed by atoms with Crippen LogP contribution in [0.3, 0.4) is 0 Å². The van der Waals surface area contributed by atoms with Crippen LogP contribution in [0.2, 0.25) is 0 Å². The molecule has 2 aromatic heterocycles. The molecule has 0 spiro atoms. The Morgan fingerprint density at radius 3 is 2.57 bits per heavy atom. The van der Waals surface area contributed by atoms with Crippen molar-refractivity contribution in [3.05, 3.63) is 18.0 Å². The van der Waals surface area contributed by atoms with Gasteiger partial charge in [-0.25, -0.2) is 9.97 Å². The van der Waals surface area contributed by atoms with Gasteiger partial charge in [-0.2, -0.15) is 4.52 Å². The molecule has 0 N–H and O–H groups in total. The summed E-state index contributed by atoms with van der Waals surface area (Å²) < 4.78 is 18.0. The number of hydrogen-bond acceptors (Lipinski definition) is 8. The third kappa shape index (κ3) is 3.77. The average molecular weight is 432 g/mol. The smallest absolute Gasteiger partial charge is 0.236 e. The summed E-state index contributed by atoms with van der Waals surface area (Å²) in [7, 11) is 3.18. The van der Waals surface area contributed by atoms with E-state index < -0.39 is 0 Å². The number of fused-ring (bicyclic) bond motifs is 3. The topological polar surface area (TPSA) is 91.1 Å². The molecule has 1 aliphatic rings. The first-order valence-electron chi connectivity index (χ1n) is 9.88. The van der Waals surface area contributed by atoms with Crippen LogP contribution in [-0.4, -0.2) is 76.2 Å². The molecule has 0 saturated carbocycles. The molecule has 1 saturated heterocycles. The molecule has 0 aliphatic carbocycles. The molecule has 10 heteroatoms. The number of aromatic nitrogens is 4. The fraction of sp³-hybridized carbons (Fsp3) is 0.500. The van der Waals surface area contributed by atoms with Crippen molar-refractivity contribution in [3.63, 3.8) is 0 Å². The van der Waals surface area contributed by atoms with E-state index >= 15 is 0 Å². The number of carbonyl (C=O) groups excluding carboxylic acids is 1. The monoisotopic (exact) mass is 431 g/mol. The highest BCUT2D eigenvalue weighted by molar-refractivity contribution is 8.00. The molecule has 0 unspecified atom stereocenters. The summed E-state index contributed by atoms with van der Waals surface area (Å²) in [6, 6.07) is 3.68.